The van der Waals surface area contributed by atoms with Crippen LogP contribution in [0.1, 0.15) is 118 Å². The molecule has 31 heavy (non-hydrogen) atoms. The van der Waals surface area contributed by atoms with Crippen molar-refractivity contribution in [1.82, 2.24) is 0 Å². The van der Waals surface area contributed by atoms with E-state index in [4.69, 9.17) is 11.6 Å². The number of halogens is 1. The van der Waals surface area contributed by atoms with Crippen molar-refractivity contribution in [3.8, 4) is 0 Å². The van der Waals surface area contributed by atoms with Gasteiger partial charge in [-0.15, -0.1) is 0 Å². The molecule has 172 valence electrons. The minimum atomic E-state index is 0.0246. The van der Waals surface area contributed by atoms with E-state index in [2.05, 4.69) is 71.9 Å². The quantitative estimate of drug-likeness (QED) is 0.286. The summed E-state index contributed by atoms with van der Waals surface area (Å²) in [5, 5.41) is 0.894. The minimum absolute atomic E-state index is 0.0246. The lowest BCUT2D eigenvalue weighted by molar-refractivity contribution is 0.475. The predicted octanol–water partition coefficient (Wildman–Crippen LogP) is 10.7. The molecule has 0 spiro atoms. The molecule has 0 N–H and O–H groups in total. The molecule has 2 rings (SSSR count). The Morgan fingerprint density at radius 3 is 1.68 bits per heavy atom. The van der Waals surface area contributed by atoms with Crippen LogP contribution in [0.2, 0.25) is 5.02 Å². The van der Waals surface area contributed by atoms with Crippen molar-refractivity contribution >= 4 is 17.2 Å². The highest BCUT2D eigenvalue weighted by Crippen LogP contribution is 2.62. The van der Waals surface area contributed by atoms with Crippen molar-refractivity contribution in [2.24, 2.45) is 5.41 Å². The molecule has 0 nitrogen and oxygen atoms in total. The fourth-order valence-electron chi connectivity index (χ4n) is 5.93. The number of benzene rings is 1. The van der Waals surface area contributed by atoms with Crippen molar-refractivity contribution < 1.29 is 0 Å². The summed E-state index contributed by atoms with van der Waals surface area (Å²) >= 11 is 6.87. The first-order valence-electron chi connectivity index (χ1n) is 13.0. The number of hydrogen-bond donors (Lipinski definition) is 0. The Bertz CT molecular complexity index is 773. The standard InChI is InChI=1S/C30H45Cl/c1-7-15-23-24(16-8-2)27(18-10-4)30(22-12-6,26(23)17-9-3)28(19-11-5)25-20-13-14-21-29(25)31/h13-14,19-21H,7-12,15-18,22H2,1-6H3/b28-19+. The van der Waals surface area contributed by atoms with Crippen LogP contribution in [0.25, 0.3) is 5.57 Å². The highest BCUT2D eigenvalue weighted by atomic mass is 35.5. The molecule has 0 amide bonds. The number of rotatable bonds is 13. The molecule has 1 aliphatic carbocycles. The van der Waals surface area contributed by atoms with Gasteiger partial charge in [0, 0.05) is 10.4 Å². The van der Waals surface area contributed by atoms with Crippen molar-refractivity contribution in [2.45, 2.75) is 112 Å². The molecule has 0 saturated carbocycles. The lowest BCUT2D eigenvalue weighted by Crippen LogP contribution is -2.27. The Labute approximate surface area is 197 Å². The first-order valence-corrected chi connectivity index (χ1v) is 13.4. The summed E-state index contributed by atoms with van der Waals surface area (Å²) in [5.74, 6) is 0. The summed E-state index contributed by atoms with van der Waals surface area (Å²) in [7, 11) is 0. The molecular formula is C30H45Cl. The number of allylic oxidation sites excluding steroid dienone is 6. The third-order valence-corrected chi connectivity index (χ3v) is 7.11. The van der Waals surface area contributed by atoms with Crippen LogP contribution in [0.4, 0.5) is 0 Å². The van der Waals surface area contributed by atoms with Gasteiger partial charge in [0.05, 0.1) is 0 Å². The zero-order valence-electron chi connectivity index (χ0n) is 21.0. The largest absolute Gasteiger partial charge is 0.0837 e. The normalized spacial score (nSPS) is 16.5. The average Bonchev–Trinajstić information content (AvgIpc) is 2.98. The van der Waals surface area contributed by atoms with Gasteiger partial charge >= 0.3 is 0 Å². The van der Waals surface area contributed by atoms with Crippen molar-refractivity contribution in [2.75, 3.05) is 0 Å². The van der Waals surface area contributed by atoms with E-state index >= 15 is 0 Å². The van der Waals surface area contributed by atoms with E-state index in [1.54, 1.807) is 22.3 Å². The van der Waals surface area contributed by atoms with Gasteiger partial charge in [-0.3, -0.25) is 0 Å². The van der Waals surface area contributed by atoms with Crippen molar-refractivity contribution in [3.63, 3.8) is 0 Å². The van der Waals surface area contributed by atoms with Crippen LogP contribution in [0.15, 0.2) is 52.6 Å². The van der Waals surface area contributed by atoms with E-state index < -0.39 is 0 Å². The Balaban J connectivity index is 2.97. The molecule has 1 aliphatic rings. The zero-order chi connectivity index (χ0) is 22.9. The van der Waals surface area contributed by atoms with Gasteiger partial charge in [-0.1, -0.05) is 121 Å². The Hall–Kier alpha value is -1.27. The van der Waals surface area contributed by atoms with Gasteiger partial charge in [0.25, 0.3) is 0 Å². The average molecular weight is 441 g/mol. The highest BCUT2D eigenvalue weighted by Gasteiger charge is 2.47. The minimum Gasteiger partial charge on any atom is -0.0837 e. The second-order valence-electron chi connectivity index (χ2n) is 9.08. The molecule has 0 radical (unpaired) electrons. The highest BCUT2D eigenvalue weighted by molar-refractivity contribution is 6.32. The van der Waals surface area contributed by atoms with E-state index in [0.717, 1.165) is 11.4 Å². The summed E-state index contributed by atoms with van der Waals surface area (Å²) in [6.45, 7) is 14.0. The fourth-order valence-corrected chi connectivity index (χ4v) is 6.17. The van der Waals surface area contributed by atoms with Gasteiger partial charge in [0.1, 0.15) is 0 Å². The molecule has 0 atom stereocenters. The van der Waals surface area contributed by atoms with Gasteiger partial charge < -0.3 is 0 Å². The molecule has 1 aromatic carbocycles. The topological polar surface area (TPSA) is 0 Å². The second-order valence-corrected chi connectivity index (χ2v) is 9.48. The smallest absolute Gasteiger partial charge is 0.0481 e. The first kappa shape index (κ1) is 26.0. The maximum Gasteiger partial charge on any atom is 0.0481 e. The van der Waals surface area contributed by atoms with Gasteiger partial charge in [0.2, 0.25) is 0 Å². The molecule has 0 fully saturated rings. The maximum atomic E-state index is 6.87. The summed E-state index contributed by atoms with van der Waals surface area (Å²) in [6, 6.07) is 8.55. The van der Waals surface area contributed by atoms with Crippen LogP contribution in [-0.4, -0.2) is 0 Å². The lowest BCUT2D eigenvalue weighted by atomic mass is 9.63. The van der Waals surface area contributed by atoms with E-state index in [0.29, 0.717) is 0 Å². The van der Waals surface area contributed by atoms with Crippen LogP contribution in [0, 0.1) is 5.41 Å². The molecule has 0 heterocycles. The number of hydrogen-bond acceptors (Lipinski definition) is 0. The summed E-state index contributed by atoms with van der Waals surface area (Å²) < 4.78 is 0. The van der Waals surface area contributed by atoms with Gasteiger partial charge in [0.15, 0.2) is 0 Å². The zero-order valence-corrected chi connectivity index (χ0v) is 21.8. The van der Waals surface area contributed by atoms with Gasteiger partial charge in [-0.05, 0) is 66.9 Å². The van der Waals surface area contributed by atoms with E-state index in [1.807, 2.05) is 0 Å². The molecule has 1 aromatic rings. The van der Waals surface area contributed by atoms with E-state index in [-0.39, 0.29) is 5.41 Å². The van der Waals surface area contributed by atoms with Crippen LogP contribution < -0.4 is 0 Å². The molecule has 0 bridgehead atoms. The third-order valence-electron chi connectivity index (χ3n) is 6.78. The first-order chi connectivity index (χ1) is 15.1. The Morgan fingerprint density at radius 2 is 1.26 bits per heavy atom. The van der Waals surface area contributed by atoms with Crippen LogP contribution in [-0.2, 0) is 0 Å². The van der Waals surface area contributed by atoms with Crippen molar-refractivity contribution in [3.05, 3.63) is 63.2 Å². The lowest BCUT2D eigenvalue weighted by Gasteiger charge is -2.40. The Kier molecular flexibility index (Phi) is 10.6. The Morgan fingerprint density at radius 1 is 0.742 bits per heavy atom. The predicted molar refractivity (Wildman–Crippen MR) is 141 cm³/mol. The van der Waals surface area contributed by atoms with E-state index in [9.17, 15) is 0 Å². The molecule has 0 saturated heterocycles. The van der Waals surface area contributed by atoms with Gasteiger partial charge in [-0.25, -0.2) is 0 Å². The fraction of sp³-hybridized carbons (Fsp3) is 0.600. The van der Waals surface area contributed by atoms with Crippen molar-refractivity contribution in [1.29, 1.82) is 0 Å². The van der Waals surface area contributed by atoms with E-state index in [1.165, 1.54) is 75.3 Å². The van der Waals surface area contributed by atoms with Gasteiger partial charge in [-0.2, -0.15) is 0 Å². The van der Waals surface area contributed by atoms with Crippen LogP contribution >= 0.6 is 11.6 Å². The monoisotopic (exact) mass is 440 g/mol. The van der Waals surface area contributed by atoms with Crippen LogP contribution in [0.3, 0.4) is 0 Å². The molecule has 0 aromatic heterocycles. The summed E-state index contributed by atoms with van der Waals surface area (Å²) in [5.41, 5.74) is 9.62. The molecule has 0 unspecified atom stereocenters. The molecular weight excluding hydrogens is 396 g/mol. The summed E-state index contributed by atoms with van der Waals surface area (Å²) in [4.78, 5) is 0. The SMILES string of the molecule is CC/C=C(\c1ccccc1Cl)C1(CCC)C(CCC)=C(CCC)C(CCC)=C1CCC. The maximum absolute atomic E-state index is 6.87. The summed E-state index contributed by atoms with van der Waals surface area (Å²) in [6.07, 6.45) is 15.6. The molecule has 1 heteroatoms. The molecule has 0 aliphatic heterocycles. The van der Waals surface area contributed by atoms with Crippen LogP contribution in [0.5, 0.6) is 0 Å². The third kappa shape index (κ3) is 5.22. The second kappa shape index (κ2) is 12.7.